The zero-order valence-electron chi connectivity index (χ0n) is 12.0. The summed E-state index contributed by atoms with van der Waals surface area (Å²) in [5, 5.41) is 20.0. The van der Waals surface area contributed by atoms with Gasteiger partial charge in [0.25, 0.3) is 5.69 Å². The lowest BCUT2D eigenvalue weighted by atomic mass is 10.1. The van der Waals surface area contributed by atoms with Gasteiger partial charge in [-0.3, -0.25) is 10.1 Å². The van der Waals surface area contributed by atoms with Gasteiger partial charge >= 0.3 is 5.97 Å². The number of aromatic carboxylic acids is 1. The molecule has 6 heteroatoms. The minimum Gasteiger partial charge on any atom is -0.477 e. The van der Waals surface area contributed by atoms with Gasteiger partial charge in [0.1, 0.15) is 5.56 Å². The molecule has 0 aliphatic rings. The van der Waals surface area contributed by atoms with Crippen LogP contribution >= 0.6 is 0 Å². The summed E-state index contributed by atoms with van der Waals surface area (Å²) >= 11 is 0. The first kappa shape index (κ1) is 15.9. The molecule has 0 amide bonds. The van der Waals surface area contributed by atoms with Crippen molar-refractivity contribution in [2.24, 2.45) is 5.92 Å². The second-order valence-corrected chi connectivity index (χ2v) is 4.82. The van der Waals surface area contributed by atoms with Gasteiger partial charge in [-0.1, -0.05) is 20.3 Å². The third-order valence-corrected chi connectivity index (χ3v) is 3.38. The van der Waals surface area contributed by atoms with Crippen molar-refractivity contribution in [2.45, 2.75) is 27.2 Å². The number of hydrogen-bond donors (Lipinski definition) is 1. The van der Waals surface area contributed by atoms with E-state index in [1.165, 1.54) is 12.1 Å². The Morgan fingerprint density at radius 1 is 1.45 bits per heavy atom. The Labute approximate surface area is 118 Å². The van der Waals surface area contributed by atoms with Gasteiger partial charge in [-0.2, -0.15) is 0 Å². The van der Waals surface area contributed by atoms with E-state index in [2.05, 4.69) is 13.8 Å². The Balaban J connectivity index is 3.15. The summed E-state index contributed by atoms with van der Waals surface area (Å²) in [6, 6.07) is 4.27. The molecule has 0 fully saturated rings. The maximum absolute atomic E-state index is 11.0. The molecule has 20 heavy (non-hydrogen) atoms. The molecule has 0 aliphatic carbocycles. The van der Waals surface area contributed by atoms with Crippen molar-refractivity contribution < 1.29 is 14.8 Å². The monoisotopic (exact) mass is 280 g/mol. The van der Waals surface area contributed by atoms with Crippen LogP contribution in [-0.2, 0) is 0 Å². The highest BCUT2D eigenvalue weighted by molar-refractivity contribution is 5.93. The van der Waals surface area contributed by atoms with Crippen molar-refractivity contribution in [3.63, 3.8) is 0 Å². The number of carboxylic acids is 1. The Kier molecular flexibility index (Phi) is 5.49. The van der Waals surface area contributed by atoms with Crippen LogP contribution < -0.4 is 4.90 Å². The van der Waals surface area contributed by atoms with E-state index in [1.807, 2.05) is 11.8 Å². The number of benzene rings is 1. The highest BCUT2D eigenvalue weighted by Crippen LogP contribution is 2.26. The van der Waals surface area contributed by atoms with Crippen LogP contribution in [0.2, 0.25) is 0 Å². The van der Waals surface area contributed by atoms with Gasteiger partial charge in [-0.05, 0) is 25.0 Å². The SMILES string of the molecule is CCC(C)CN(CC)c1ccc(C(=O)O)c([N+](=O)[O-])c1. The standard InChI is InChI=1S/C14H20N2O4/c1-4-10(3)9-15(5-2)11-6-7-12(14(17)18)13(8-11)16(19)20/h6-8,10H,4-5,9H2,1-3H3,(H,17,18). The maximum atomic E-state index is 11.0. The van der Waals surface area contributed by atoms with E-state index in [-0.39, 0.29) is 11.3 Å². The molecule has 1 unspecified atom stereocenters. The van der Waals surface area contributed by atoms with Crippen molar-refractivity contribution in [3.05, 3.63) is 33.9 Å². The summed E-state index contributed by atoms with van der Waals surface area (Å²) in [5.41, 5.74) is 0.0421. The molecule has 0 aliphatic heterocycles. The quantitative estimate of drug-likeness (QED) is 0.612. The predicted octanol–water partition coefficient (Wildman–Crippen LogP) is 3.17. The zero-order chi connectivity index (χ0) is 15.3. The Bertz CT molecular complexity index is 502. The second-order valence-electron chi connectivity index (χ2n) is 4.82. The van der Waals surface area contributed by atoms with E-state index in [0.717, 1.165) is 13.0 Å². The van der Waals surface area contributed by atoms with E-state index in [0.29, 0.717) is 18.2 Å². The van der Waals surface area contributed by atoms with E-state index in [1.54, 1.807) is 6.07 Å². The number of hydrogen-bond acceptors (Lipinski definition) is 4. The third-order valence-electron chi connectivity index (χ3n) is 3.38. The molecular weight excluding hydrogens is 260 g/mol. The molecule has 110 valence electrons. The van der Waals surface area contributed by atoms with Crippen LogP contribution in [0.25, 0.3) is 0 Å². The summed E-state index contributed by atoms with van der Waals surface area (Å²) < 4.78 is 0. The van der Waals surface area contributed by atoms with Crippen molar-refractivity contribution in [2.75, 3.05) is 18.0 Å². The number of nitro groups is 1. The normalized spacial score (nSPS) is 11.9. The topological polar surface area (TPSA) is 83.7 Å². The molecule has 0 saturated heterocycles. The molecule has 1 aromatic carbocycles. The van der Waals surface area contributed by atoms with Crippen LogP contribution in [0.3, 0.4) is 0 Å². The predicted molar refractivity (Wildman–Crippen MR) is 77.4 cm³/mol. The molecule has 6 nitrogen and oxygen atoms in total. The Hall–Kier alpha value is -2.11. The van der Waals surface area contributed by atoms with Crippen LogP contribution in [0.15, 0.2) is 18.2 Å². The molecule has 1 N–H and O–H groups in total. The lowest BCUT2D eigenvalue weighted by molar-refractivity contribution is -0.385. The summed E-state index contributed by atoms with van der Waals surface area (Å²) in [4.78, 5) is 23.3. The summed E-state index contributed by atoms with van der Waals surface area (Å²) in [6.45, 7) is 7.68. The summed E-state index contributed by atoms with van der Waals surface area (Å²) in [5.74, 6) is -0.818. The van der Waals surface area contributed by atoms with Crippen LogP contribution in [0.5, 0.6) is 0 Å². The number of nitrogens with zero attached hydrogens (tertiary/aromatic N) is 2. The van der Waals surface area contributed by atoms with Gasteiger partial charge < -0.3 is 10.0 Å². The lowest BCUT2D eigenvalue weighted by Gasteiger charge is -2.26. The van der Waals surface area contributed by atoms with Crippen molar-refractivity contribution in [3.8, 4) is 0 Å². The number of nitro benzene ring substituents is 1. The van der Waals surface area contributed by atoms with Gasteiger partial charge in [0.05, 0.1) is 4.92 Å². The molecule has 1 atom stereocenters. The third kappa shape index (κ3) is 3.69. The van der Waals surface area contributed by atoms with Crippen molar-refractivity contribution >= 4 is 17.3 Å². The van der Waals surface area contributed by atoms with Crippen LogP contribution in [0.1, 0.15) is 37.6 Å². The lowest BCUT2D eigenvalue weighted by Crippen LogP contribution is -2.28. The number of carboxylic acid groups (broad SMARTS) is 1. The first-order chi connectivity index (χ1) is 9.40. The number of rotatable bonds is 7. The van der Waals surface area contributed by atoms with Crippen LogP contribution in [0, 0.1) is 16.0 Å². The highest BCUT2D eigenvalue weighted by atomic mass is 16.6. The smallest absolute Gasteiger partial charge is 0.342 e. The maximum Gasteiger partial charge on any atom is 0.342 e. The van der Waals surface area contributed by atoms with Crippen LogP contribution in [0.4, 0.5) is 11.4 Å². The largest absolute Gasteiger partial charge is 0.477 e. The average molecular weight is 280 g/mol. The summed E-state index contributed by atoms with van der Waals surface area (Å²) in [7, 11) is 0. The molecule has 0 aromatic heterocycles. The van der Waals surface area contributed by atoms with Gasteiger partial charge in [-0.25, -0.2) is 4.79 Å². The molecule has 1 aromatic rings. The molecule has 1 rings (SSSR count). The molecule has 0 heterocycles. The van der Waals surface area contributed by atoms with Gasteiger partial charge in [0.15, 0.2) is 0 Å². The fourth-order valence-corrected chi connectivity index (χ4v) is 1.97. The Morgan fingerprint density at radius 2 is 2.10 bits per heavy atom. The molecule has 0 saturated carbocycles. The molecule has 0 radical (unpaired) electrons. The number of carbonyl (C=O) groups is 1. The van der Waals surface area contributed by atoms with E-state index in [4.69, 9.17) is 5.11 Å². The average Bonchev–Trinajstić information content (AvgIpc) is 2.43. The fourth-order valence-electron chi connectivity index (χ4n) is 1.97. The molecule has 0 bridgehead atoms. The fraction of sp³-hybridized carbons (Fsp3) is 0.500. The first-order valence-electron chi connectivity index (χ1n) is 6.67. The van der Waals surface area contributed by atoms with Crippen molar-refractivity contribution in [1.29, 1.82) is 0 Å². The zero-order valence-corrected chi connectivity index (χ0v) is 12.0. The molecular formula is C14H20N2O4. The number of anilines is 1. The summed E-state index contributed by atoms with van der Waals surface area (Å²) in [6.07, 6.45) is 1.02. The van der Waals surface area contributed by atoms with E-state index in [9.17, 15) is 14.9 Å². The van der Waals surface area contributed by atoms with E-state index >= 15 is 0 Å². The van der Waals surface area contributed by atoms with Gasteiger partial charge in [-0.15, -0.1) is 0 Å². The minimum absolute atomic E-state index is 0.279. The minimum atomic E-state index is -1.28. The molecule has 0 spiro atoms. The first-order valence-corrected chi connectivity index (χ1v) is 6.67. The highest BCUT2D eigenvalue weighted by Gasteiger charge is 2.21. The van der Waals surface area contributed by atoms with Crippen molar-refractivity contribution in [1.82, 2.24) is 0 Å². The van der Waals surface area contributed by atoms with E-state index < -0.39 is 10.9 Å². The van der Waals surface area contributed by atoms with Gasteiger partial charge in [0.2, 0.25) is 0 Å². The van der Waals surface area contributed by atoms with Crippen LogP contribution in [-0.4, -0.2) is 29.1 Å². The Morgan fingerprint density at radius 3 is 2.55 bits per heavy atom. The van der Waals surface area contributed by atoms with Gasteiger partial charge in [0, 0.05) is 24.8 Å². The second kappa shape index (κ2) is 6.88.